The van der Waals surface area contributed by atoms with Crippen molar-refractivity contribution in [3.05, 3.63) is 18.2 Å². The molecule has 1 aromatic rings. The van der Waals surface area contributed by atoms with E-state index in [1.165, 1.54) is 6.33 Å². The highest BCUT2D eigenvalue weighted by molar-refractivity contribution is 5.96. The van der Waals surface area contributed by atoms with Gasteiger partial charge in [0.1, 0.15) is 12.1 Å². The number of nitrogens with zero attached hydrogens (tertiary/aromatic N) is 1. The van der Waals surface area contributed by atoms with E-state index in [1.54, 1.807) is 47.7 Å². The van der Waals surface area contributed by atoms with E-state index in [4.69, 9.17) is 5.73 Å². The Labute approximate surface area is 205 Å². The third-order valence-electron chi connectivity index (χ3n) is 5.49. The summed E-state index contributed by atoms with van der Waals surface area (Å²) in [4.78, 5) is 69.2. The van der Waals surface area contributed by atoms with Crippen molar-refractivity contribution in [2.45, 2.75) is 78.6 Å². The van der Waals surface area contributed by atoms with Crippen LogP contribution >= 0.6 is 0 Å². The molecule has 1 heterocycles. The molecule has 196 valence electrons. The minimum Gasteiger partial charge on any atom is -0.481 e. The fraction of sp³-hybridized carbons (Fsp3) is 0.652. The number of imidazole rings is 1. The number of aliphatic carboxylic acids is 1. The van der Waals surface area contributed by atoms with Crippen LogP contribution in [0.2, 0.25) is 0 Å². The summed E-state index contributed by atoms with van der Waals surface area (Å²) in [6, 6.07) is -4.32. The van der Waals surface area contributed by atoms with Gasteiger partial charge in [-0.05, 0) is 11.8 Å². The van der Waals surface area contributed by atoms with Gasteiger partial charge >= 0.3 is 5.97 Å². The van der Waals surface area contributed by atoms with Gasteiger partial charge in [0.15, 0.2) is 5.78 Å². The van der Waals surface area contributed by atoms with Crippen molar-refractivity contribution in [1.29, 1.82) is 0 Å². The van der Waals surface area contributed by atoms with Gasteiger partial charge in [-0.15, -0.1) is 0 Å². The third-order valence-corrected chi connectivity index (χ3v) is 5.49. The Kier molecular flexibility index (Phi) is 11.5. The van der Waals surface area contributed by atoms with E-state index >= 15 is 0 Å². The molecular formula is C23H38N6O6. The average Bonchev–Trinajstić information content (AvgIpc) is 3.27. The van der Waals surface area contributed by atoms with E-state index in [2.05, 4.69) is 25.9 Å². The number of H-pyrrole nitrogens is 1. The smallest absolute Gasteiger partial charge is 0.305 e. The van der Waals surface area contributed by atoms with Crippen LogP contribution in [0.3, 0.4) is 0 Å². The maximum absolute atomic E-state index is 13.1. The maximum atomic E-state index is 13.1. The van der Waals surface area contributed by atoms with Gasteiger partial charge in [0, 0.05) is 24.2 Å². The molecule has 1 rings (SSSR count). The van der Waals surface area contributed by atoms with Gasteiger partial charge in [0.25, 0.3) is 0 Å². The summed E-state index contributed by atoms with van der Waals surface area (Å²) in [6.07, 6.45) is 2.51. The number of amides is 3. The molecule has 0 aliphatic rings. The zero-order chi connectivity index (χ0) is 26.9. The molecule has 0 radical (unpaired) electrons. The van der Waals surface area contributed by atoms with Crippen LogP contribution in [-0.4, -0.2) is 68.7 Å². The van der Waals surface area contributed by atoms with E-state index in [1.807, 2.05) is 0 Å². The summed E-state index contributed by atoms with van der Waals surface area (Å²) >= 11 is 0. The Morgan fingerprint density at radius 2 is 1.51 bits per heavy atom. The van der Waals surface area contributed by atoms with Gasteiger partial charge in [-0.25, -0.2) is 4.98 Å². The van der Waals surface area contributed by atoms with Crippen LogP contribution in [0.5, 0.6) is 0 Å². The normalized spacial score (nSPS) is 14.8. The number of ketones is 1. The van der Waals surface area contributed by atoms with Crippen molar-refractivity contribution < 1.29 is 29.1 Å². The van der Waals surface area contributed by atoms with E-state index < -0.39 is 60.2 Å². The number of nitrogens with two attached hydrogens (primary N) is 1. The van der Waals surface area contributed by atoms with E-state index in [9.17, 15) is 29.1 Å². The summed E-state index contributed by atoms with van der Waals surface area (Å²) in [6.45, 7) is 10.3. The molecule has 4 atom stereocenters. The number of hydrogen-bond donors (Lipinski definition) is 6. The van der Waals surface area contributed by atoms with Gasteiger partial charge in [-0.1, -0.05) is 41.5 Å². The highest BCUT2D eigenvalue weighted by Gasteiger charge is 2.33. The molecule has 0 fully saturated rings. The topological polar surface area (TPSA) is 196 Å². The first-order valence-electron chi connectivity index (χ1n) is 11.6. The predicted molar refractivity (Wildman–Crippen MR) is 128 cm³/mol. The Morgan fingerprint density at radius 3 is 1.97 bits per heavy atom. The van der Waals surface area contributed by atoms with Gasteiger partial charge in [0.2, 0.25) is 17.7 Å². The molecule has 0 aliphatic carbocycles. The molecule has 0 spiro atoms. The minimum absolute atomic E-state index is 0.187. The number of carboxylic acids is 1. The first kappa shape index (κ1) is 29.8. The molecule has 0 aliphatic heterocycles. The molecule has 0 saturated carbocycles. The van der Waals surface area contributed by atoms with Crippen molar-refractivity contribution >= 4 is 29.5 Å². The first-order chi connectivity index (χ1) is 16.2. The summed E-state index contributed by atoms with van der Waals surface area (Å²) in [5.41, 5.74) is 6.46. The number of Topliss-reactive ketones (excluding diaryl/α,β-unsaturated/α-hetero) is 1. The van der Waals surface area contributed by atoms with Crippen LogP contribution in [0.15, 0.2) is 12.5 Å². The highest BCUT2D eigenvalue weighted by Crippen LogP contribution is 2.10. The van der Waals surface area contributed by atoms with Crippen LogP contribution in [0.1, 0.15) is 53.7 Å². The van der Waals surface area contributed by atoms with Crippen molar-refractivity contribution in [1.82, 2.24) is 25.9 Å². The largest absolute Gasteiger partial charge is 0.481 e. The number of hydrogen-bond acceptors (Lipinski definition) is 7. The van der Waals surface area contributed by atoms with Gasteiger partial charge in [-0.3, -0.25) is 24.0 Å². The second kappa shape index (κ2) is 13.6. The van der Waals surface area contributed by atoms with E-state index in [-0.39, 0.29) is 24.0 Å². The fourth-order valence-electron chi connectivity index (χ4n) is 3.25. The predicted octanol–water partition coefficient (Wildman–Crippen LogP) is -0.254. The number of carbonyl (C=O) groups is 5. The lowest BCUT2D eigenvalue weighted by molar-refractivity contribution is -0.141. The summed E-state index contributed by atoms with van der Waals surface area (Å²) in [7, 11) is 0. The standard InChI is InChI=1S/C23H38N6O6/c1-11(2)18(24)22(34)28-16(8-17(30)31)21(33)29-19(12(3)4)23(35)27-15(20(32)13(5)6)7-14-9-25-10-26-14/h9-13,15-16,18-19H,7-8,24H2,1-6H3,(H,25,26)(H,27,35)(H,28,34)(H,29,33)(H,30,31)/t15-,16-,18-,19?/m0/s1. The molecule has 7 N–H and O–H groups in total. The van der Waals surface area contributed by atoms with Crippen molar-refractivity contribution in [3.8, 4) is 0 Å². The molecule has 0 aromatic carbocycles. The Hall–Kier alpha value is -3.28. The molecule has 0 bridgehead atoms. The van der Waals surface area contributed by atoms with Crippen LogP contribution < -0.4 is 21.7 Å². The average molecular weight is 495 g/mol. The number of carboxylic acid groups (broad SMARTS) is 1. The van der Waals surface area contributed by atoms with Crippen LogP contribution in [0.4, 0.5) is 0 Å². The van der Waals surface area contributed by atoms with Gasteiger partial charge in [0.05, 0.1) is 24.8 Å². The second-order valence-electron chi connectivity index (χ2n) is 9.56. The zero-order valence-corrected chi connectivity index (χ0v) is 21.1. The van der Waals surface area contributed by atoms with Crippen molar-refractivity contribution in [3.63, 3.8) is 0 Å². The summed E-state index contributed by atoms with van der Waals surface area (Å²) in [5, 5.41) is 16.8. The molecular weight excluding hydrogens is 456 g/mol. The lowest BCUT2D eigenvalue weighted by atomic mass is 9.96. The Bertz CT molecular complexity index is 883. The lowest BCUT2D eigenvalue weighted by Crippen LogP contribution is -2.59. The molecule has 12 nitrogen and oxygen atoms in total. The Balaban J connectivity index is 3.04. The van der Waals surface area contributed by atoms with E-state index in [0.29, 0.717) is 5.69 Å². The molecule has 12 heteroatoms. The number of carbonyl (C=O) groups excluding carboxylic acids is 4. The molecule has 3 amide bonds. The van der Waals surface area contributed by atoms with Crippen LogP contribution in [-0.2, 0) is 30.4 Å². The number of aromatic nitrogens is 2. The SMILES string of the molecule is CC(C)C(=O)[C@H](Cc1cnc[nH]1)NC(=O)C(NC(=O)[C@H](CC(=O)O)NC(=O)[C@@H](N)C(C)C)C(C)C. The van der Waals surface area contributed by atoms with Crippen molar-refractivity contribution in [2.75, 3.05) is 0 Å². The van der Waals surface area contributed by atoms with E-state index in [0.717, 1.165) is 0 Å². The Morgan fingerprint density at radius 1 is 0.914 bits per heavy atom. The molecule has 1 aromatic heterocycles. The number of aromatic amines is 1. The molecule has 35 heavy (non-hydrogen) atoms. The van der Waals surface area contributed by atoms with Crippen molar-refractivity contribution in [2.24, 2.45) is 23.5 Å². The number of nitrogens with one attached hydrogen (secondary N) is 4. The second-order valence-corrected chi connectivity index (χ2v) is 9.56. The summed E-state index contributed by atoms with van der Waals surface area (Å²) in [5.74, 6) is -4.61. The van der Waals surface area contributed by atoms with Gasteiger partial charge < -0.3 is 31.8 Å². The molecule has 0 saturated heterocycles. The minimum atomic E-state index is -1.43. The first-order valence-corrected chi connectivity index (χ1v) is 11.6. The lowest BCUT2D eigenvalue weighted by Gasteiger charge is -2.28. The monoisotopic (exact) mass is 494 g/mol. The highest BCUT2D eigenvalue weighted by atomic mass is 16.4. The van der Waals surface area contributed by atoms with Crippen LogP contribution in [0, 0.1) is 17.8 Å². The maximum Gasteiger partial charge on any atom is 0.305 e. The van der Waals surface area contributed by atoms with Crippen LogP contribution in [0.25, 0.3) is 0 Å². The number of rotatable bonds is 14. The zero-order valence-electron chi connectivity index (χ0n) is 21.1. The quantitative estimate of drug-likeness (QED) is 0.203. The summed E-state index contributed by atoms with van der Waals surface area (Å²) < 4.78 is 0. The van der Waals surface area contributed by atoms with Gasteiger partial charge in [-0.2, -0.15) is 0 Å². The third kappa shape index (κ3) is 9.47. The molecule has 1 unspecified atom stereocenters. The fourth-order valence-corrected chi connectivity index (χ4v) is 3.25.